The standard InChI is InChI=1S/C24H34NO2.BrH/c1-17(2)25(3)19-13-14-20(25)16-21(15-19)27-24(26)23-12-8-7-11-22(23)18-9-5-4-6-10-18;/h4-6,9-11,17,19-21,23H,7-8,12-16H2,1-3H3;1H/q+1;/p-1/t19-,20+,21?,23?,25?;. The first-order valence-electron chi connectivity index (χ1n) is 10.8. The van der Waals surface area contributed by atoms with Crippen molar-refractivity contribution in [3.05, 3.63) is 42.0 Å². The summed E-state index contributed by atoms with van der Waals surface area (Å²) in [6.07, 6.45) is 10.1. The SMILES string of the molecule is CC(C)[N+]1(C)[C@@H]2CC[C@H]1CC(OC(=O)C1CCCC=C1c1ccccc1)C2.[Br-]. The summed E-state index contributed by atoms with van der Waals surface area (Å²) in [5, 5.41) is 0. The molecule has 3 unspecified atom stereocenters. The Balaban J connectivity index is 0.00000225. The number of allylic oxidation sites excluding steroid dienone is 1. The van der Waals surface area contributed by atoms with E-state index < -0.39 is 0 Å². The van der Waals surface area contributed by atoms with Gasteiger partial charge in [0.15, 0.2) is 0 Å². The Hall–Kier alpha value is -1.13. The molecular formula is C24H34BrNO2. The van der Waals surface area contributed by atoms with E-state index in [0.29, 0.717) is 18.1 Å². The van der Waals surface area contributed by atoms with Gasteiger partial charge in [-0.2, -0.15) is 0 Å². The highest BCUT2D eigenvalue weighted by atomic mass is 79.9. The molecular weight excluding hydrogens is 414 g/mol. The van der Waals surface area contributed by atoms with Crippen LogP contribution in [0.3, 0.4) is 0 Å². The predicted molar refractivity (Wildman–Crippen MR) is 109 cm³/mol. The van der Waals surface area contributed by atoms with Crippen molar-refractivity contribution >= 4 is 11.5 Å². The fourth-order valence-corrected chi connectivity index (χ4v) is 5.89. The van der Waals surface area contributed by atoms with Gasteiger partial charge in [0.1, 0.15) is 6.10 Å². The molecule has 0 saturated carbocycles. The molecule has 4 heteroatoms. The van der Waals surface area contributed by atoms with Gasteiger partial charge in [-0.15, -0.1) is 0 Å². The highest BCUT2D eigenvalue weighted by Gasteiger charge is 2.53. The average molecular weight is 448 g/mol. The molecule has 0 aromatic heterocycles. The van der Waals surface area contributed by atoms with Crippen molar-refractivity contribution in [2.75, 3.05) is 7.05 Å². The third kappa shape index (κ3) is 3.82. The molecule has 5 atom stereocenters. The predicted octanol–water partition coefficient (Wildman–Crippen LogP) is 1.97. The van der Waals surface area contributed by atoms with Gasteiger partial charge in [-0.05, 0) is 44.2 Å². The van der Waals surface area contributed by atoms with E-state index in [1.54, 1.807) is 0 Å². The first-order valence-corrected chi connectivity index (χ1v) is 10.8. The van der Waals surface area contributed by atoms with Crippen molar-refractivity contribution in [3.63, 3.8) is 0 Å². The van der Waals surface area contributed by atoms with E-state index in [1.165, 1.54) is 28.5 Å². The van der Waals surface area contributed by atoms with E-state index in [0.717, 1.165) is 32.1 Å². The minimum Gasteiger partial charge on any atom is -1.00 e. The lowest BCUT2D eigenvalue weighted by Gasteiger charge is -2.49. The lowest BCUT2D eigenvalue weighted by Crippen LogP contribution is -3.00. The Labute approximate surface area is 180 Å². The number of fused-ring (bicyclic) bond motifs is 2. The minimum absolute atomic E-state index is 0. The molecule has 1 aliphatic carbocycles. The number of hydrogen-bond acceptors (Lipinski definition) is 2. The minimum atomic E-state index is -0.0910. The molecule has 0 amide bonds. The second-order valence-corrected chi connectivity index (χ2v) is 9.24. The number of benzene rings is 1. The van der Waals surface area contributed by atoms with E-state index in [2.05, 4.69) is 51.2 Å². The summed E-state index contributed by atoms with van der Waals surface area (Å²) in [5.74, 6) is -0.0819. The summed E-state index contributed by atoms with van der Waals surface area (Å²) in [4.78, 5) is 13.1. The van der Waals surface area contributed by atoms with E-state index in [9.17, 15) is 4.79 Å². The molecule has 2 bridgehead atoms. The van der Waals surface area contributed by atoms with Crippen LogP contribution in [0.1, 0.15) is 64.4 Å². The summed E-state index contributed by atoms with van der Waals surface area (Å²) in [6, 6.07) is 12.3. The Morgan fingerprint density at radius 1 is 1.07 bits per heavy atom. The smallest absolute Gasteiger partial charge is 0.313 e. The second-order valence-electron chi connectivity index (χ2n) is 9.24. The molecule has 28 heavy (non-hydrogen) atoms. The molecule has 154 valence electrons. The molecule has 2 aliphatic heterocycles. The molecule has 1 aromatic carbocycles. The van der Waals surface area contributed by atoms with Crippen LogP contribution >= 0.6 is 0 Å². The molecule has 2 fully saturated rings. The number of halogens is 1. The zero-order valence-corrected chi connectivity index (χ0v) is 19.0. The van der Waals surface area contributed by atoms with Crippen LogP contribution in [0.2, 0.25) is 0 Å². The van der Waals surface area contributed by atoms with Crippen molar-refractivity contribution in [3.8, 4) is 0 Å². The normalized spacial score (nSPS) is 34.5. The number of carbonyl (C=O) groups is 1. The number of hydrogen-bond donors (Lipinski definition) is 0. The number of ether oxygens (including phenoxy) is 1. The van der Waals surface area contributed by atoms with Gasteiger partial charge < -0.3 is 26.2 Å². The molecule has 2 saturated heterocycles. The number of piperidine rings is 1. The van der Waals surface area contributed by atoms with Crippen LogP contribution in [-0.2, 0) is 9.53 Å². The number of quaternary nitrogens is 1. The van der Waals surface area contributed by atoms with Crippen molar-refractivity contribution in [2.45, 2.75) is 83.0 Å². The molecule has 3 aliphatic rings. The largest absolute Gasteiger partial charge is 1.00 e. The van der Waals surface area contributed by atoms with Crippen molar-refractivity contribution in [1.29, 1.82) is 0 Å². The van der Waals surface area contributed by atoms with Crippen molar-refractivity contribution in [2.24, 2.45) is 5.92 Å². The topological polar surface area (TPSA) is 26.3 Å². The first-order chi connectivity index (χ1) is 13.0. The second kappa shape index (κ2) is 8.71. The van der Waals surface area contributed by atoms with Gasteiger partial charge in [0.25, 0.3) is 0 Å². The molecule has 2 heterocycles. The van der Waals surface area contributed by atoms with Crippen molar-refractivity contribution < 1.29 is 31.0 Å². The Kier molecular flexibility index (Phi) is 6.71. The highest BCUT2D eigenvalue weighted by molar-refractivity contribution is 5.89. The van der Waals surface area contributed by atoms with Crippen LogP contribution in [0.5, 0.6) is 0 Å². The van der Waals surface area contributed by atoms with Gasteiger partial charge in [0.2, 0.25) is 0 Å². The van der Waals surface area contributed by atoms with Gasteiger partial charge in [-0.3, -0.25) is 4.79 Å². The number of rotatable bonds is 4. The lowest BCUT2D eigenvalue weighted by atomic mass is 9.83. The summed E-state index contributed by atoms with van der Waals surface area (Å²) in [7, 11) is 2.42. The quantitative estimate of drug-likeness (QED) is 0.520. The van der Waals surface area contributed by atoms with E-state index in [1.807, 2.05) is 6.07 Å². The summed E-state index contributed by atoms with van der Waals surface area (Å²) in [5.41, 5.74) is 2.35. The van der Waals surface area contributed by atoms with E-state index in [-0.39, 0.29) is 35.0 Å². The fraction of sp³-hybridized carbons (Fsp3) is 0.625. The summed E-state index contributed by atoms with van der Waals surface area (Å²) < 4.78 is 7.32. The van der Waals surface area contributed by atoms with E-state index >= 15 is 0 Å². The van der Waals surface area contributed by atoms with Gasteiger partial charge in [-0.1, -0.05) is 36.4 Å². The number of carbonyl (C=O) groups excluding carboxylic acids is 1. The zero-order valence-electron chi connectivity index (χ0n) is 17.4. The maximum Gasteiger partial charge on any atom is 0.313 e. The zero-order chi connectivity index (χ0) is 19.0. The third-order valence-corrected chi connectivity index (χ3v) is 7.70. The number of esters is 1. The monoisotopic (exact) mass is 447 g/mol. The molecule has 4 rings (SSSR count). The van der Waals surface area contributed by atoms with Gasteiger partial charge >= 0.3 is 5.97 Å². The molecule has 0 N–H and O–H groups in total. The molecule has 3 nitrogen and oxygen atoms in total. The van der Waals surface area contributed by atoms with E-state index in [4.69, 9.17) is 4.74 Å². The van der Waals surface area contributed by atoms with Gasteiger partial charge in [-0.25, -0.2) is 0 Å². The van der Waals surface area contributed by atoms with Crippen LogP contribution in [0, 0.1) is 5.92 Å². The van der Waals surface area contributed by atoms with Crippen molar-refractivity contribution in [1.82, 2.24) is 0 Å². The average Bonchev–Trinajstić information content (AvgIpc) is 2.86. The molecule has 0 radical (unpaired) electrons. The third-order valence-electron chi connectivity index (χ3n) is 7.70. The first kappa shape index (κ1) is 21.6. The van der Waals surface area contributed by atoms with Gasteiger partial charge in [0.05, 0.1) is 31.1 Å². The molecule has 1 aromatic rings. The Bertz CT molecular complexity index is 701. The highest BCUT2D eigenvalue weighted by Crippen LogP contribution is 2.44. The van der Waals surface area contributed by atoms with Crippen LogP contribution in [0.4, 0.5) is 0 Å². The Morgan fingerprint density at radius 3 is 2.32 bits per heavy atom. The van der Waals surface area contributed by atoms with Gasteiger partial charge in [0, 0.05) is 25.7 Å². The maximum atomic E-state index is 13.1. The Morgan fingerprint density at radius 2 is 1.71 bits per heavy atom. The summed E-state index contributed by atoms with van der Waals surface area (Å²) in [6.45, 7) is 4.69. The van der Waals surface area contributed by atoms with Crippen LogP contribution in [0.15, 0.2) is 36.4 Å². The maximum absolute atomic E-state index is 13.1. The molecule has 0 spiro atoms. The fourth-order valence-electron chi connectivity index (χ4n) is 5.89. The van der Waals surface area contributed by atoms with Crippen LogP contribution < -0.4 is 17.0 Å². The van der Waals surface area contributed by atoms with Crippen LogP contribution in [-0.4, -0.2) is 41.7 Å². The lowest BCUT2D eigenvalue weighted by molar-refractivity contribution is -0.968. The number of nitrogens with zero attached hydrogens (tertiary/aromatic N) is 1. The van der Waals surface area contributed by atoms with Crippen LogP contribution in [0.25, 0.3) is 5.57 Å². The summed E-state index contributed by atoms with van der Waals surface area (Å²) >= 11 is 0.